The van der Waals surface area contributed by atoms with Gasteiger partial charge in [-0.3, -0.25) is 53.2 Å². The number of benzene rings is 1. The predicted octanol–water partition coefficient (Wildman–Crippen LogP) is 1.03. The highest BCUT2D eigenvalue weighted by Crippen LogP contribution is 2.30. The molecule has 54 heavy (non-hydrogen) atoms. The van der Waals surface area contributed by atoms with Gasteiger partial charge in [0.25, 0.3) is 0 Å². The lowest BCUT2D eigenvalue weighted by Gasteiger charge is -2.46. The number of aromatic amines is 1. The van der Waals surface area contributed by atoms with Crippen LogP contribution in [0.2, 0.25) is 0 Å². The first kappa shape index (κ1) is 41.8. The van der Waals surface area contributed by atoms with E-state index in [-0.39, 0.29) is 25.2 Å². The molecule has 2 aromatic rings. The van der Waals surface area contributed by atoms with Crippen molar-refractivity contribution < 1.29 is 54.3 Å². The zero-order valence-corrected chi connectivity index (χ0v) is 30.3. The van der Waals surface area contributed by atoms with Crippen LogP contribution in [-0.2, 0) is 28.8 Å². The highest BCUT2D eigenvalue weighted by atomic mass is 16.4. The molecule has 1 heterocycles. The van der Waals surface area contributed by atoms with Crippen LogP contribution in [0.4, 0.5) is 5.69 Å². The minimum Gasteiger partial charge on any atom is -0.480 e. The second kappa shape index (κ2) is 19.4. The molecule has 18 nitrogen and oxygen atoms in total. The van der Waals surface area contributed by atoms with E-state index in [4.69, 9.17) is 0 Å². The van der Waals surface area contributed by atoms with Gasteiger partial charge in [-0.05, 0) is 44.2 Å². The van der Waals surface area contributed by atoms with Crippen LogP contribution in [0.25, 0.3) is 10.9 Å². The molecule has 0 saturated heterocycles. The summed E-state index contributed by atoms with van der Waals surface area (Å²) in [5.41, 5.74) is 1.13. The molecule has 0 aliphatic heterocycles. The Labute approximate surface area is 311 Å². The SMILES string of the molecule is Cc1cc(=O)[nH]c2c(NC(=O)CN(CCN(CC(=O)O)[C@@H]3CCCC[C@H]3N(CC(=O)O)CC(=O)O)[C@H]3CCCC[C@@H]3N(CC(=O)O)CC(=O)O)cccc12. The van der Waals surface area contributed by atoms with Crippen LogP contribution in [0, 0.1) is 6.92 Å². The van der Waals surface area contributed by atoms with Crippen molar-refractivity contribution in [1.82, 2.24) is 24.6 Å². The van der Waals surface area contributed by atoms with Crippen molar-refractivity contribution in [3.8, 4) is 0 Å². The lowest BCUT2D eigenvalue weighted by molar-refractivity contribution is -0.147. The predicted molar refractivity (Wildman–Crippen MR) is 194 cm³/mol. The van der Waals surface area contributed by atoms with Gasteiger partial charge >= 0.3 is 29.8 Å². The summed E-state index contributed by atoms with van der Waals surface area (Å²) >= 11 is 0. The Morgan fingerprint density at radius 2 is 1.02 bits per heavy atom. The Bertz CT molecular complexity index is 1720. The van der Waals surface area contributed by atoms with Gasteiger partial charge < -0.3 is 35.8 Å². The number of para-hydroxylation sites is 1. The minimum absolute atomic E-state index is 0.0661. The molecule has 2 fully saturated rings. The monoisotopic (exact) mass is 758 g/mol. The zero-order valence-electron chi connectivity index (χ0n) is 30.3. The van der Waals surface area contributed by atoms with E-state index in [1.54, 1.807) is 30.0 Å². The zero-order chi connectivity index (χ0) is 39.5. The first-order chi connectivity index (χ1) is 25.6. The Kier molecular flexibility index (Phi) is 15.1. The van der Waals surface area contributed by atoms with Crippen LogP contribution < -0.4 is 10.9 Å². The summed E-state index contributed by atoms with van der Waals surface area (Å²) in [6.07, 6.45) is 4.66. The molecule has 7 N–H and O–H groups in total. The number of rotatable bonds is 20. The van der Waals surface area contributed by atoms with E-state index in [0.29, 0.717) is 68.1 Å². The second-order valence-electron chi connectivity index (χ2n) is 14.2. The highest BCUT2D eigenvalue weighted by molar-refractivity contribution is 6.01. The van der Waals surface area contributed by atoms with Crippen molar-refractivity contribution in [3.63, 3.8) is 0 Å². The van der Waals surface area contributed by atoms with E-state index in [1.807, 2.05) is 4.90 Å². The number of amides is 1. The van der Waals surface area contributed by atoms with Gasteiger partial charge in [-0.25, -0.2) is 0 Å². The standard InChI is InChI=1S/C36H50N6O12/c1-22-15-29(43)38-36-23(22)7-6-8-24(36)37-30(44)16-39(25-9-2-4-11-27(25)41(18-32(47)48)19-33(49)50)13-14-40(17-31(45)46)26-10-3-5-12-28(26)42(20-34(51)52)21-35(53)54/h6-8,15,25-28H,2-5,9-14,16-21H2,1H3,(H,37,44)(H,38,43)(H,45,46)(H,47,48)(H,49,50)(H,51,52)(H,53,54)/t25-,26+,27-,28+/m0/s1. The van der Waals surface area contributed by atoms with Crippen molar-refractivity contribution in [3.05, 3.63) is 40.2 Å². The summed E-state index contributed by atoms with van der Waals surface area (Å²) in [6.45, 7) is -0.965. The van der Waals surface area contributed by atoms with Gasteiger partial charge in [-0.15, -0.1) is 0 Å². The lowest BCUT2D eigenvalue weighted by Crippen LogP contribution is -2.60. The summed E-state index contributed by atoms with van der Waals surface area (Å²) in [6, 6.07) is 4.42. The van der Waals surface area contributed by atoms with Gasteiger partial charge in [0.05, 0.1) is 50.5 Å². The number of nitrogens with one attached hydrogen (secondary N) is 2. The number of anilines is 1. The fourth-order valence-corrected chi connectivity index (χ4v) is 8.25. The molecule has 18 heteroatoms. The smallest absolute Gasteiger partial charge is 0.317 e. The van der Waals surface area contributed by atoms with E-state index in [2.05, 4.69) is 10.3 Å². The Morgan fingerprint density at radius 1 is 0.630 bits per heavy atom. The van der Waals surface area contributed by atoms with Gasteiger partial charge in [0, 0.05) is 48.7 Å². The van der Waals surface area contributed by atoms with Crippen LogP contribution in [0.15, 0.2) is 29.1 Å². The number of carboxylic acids is 5. The van der Waals surface area contributed by atoms with Gasteiger partial charge in [0.15, 0.2) is 0 Å². The maximum absolute atomic E-state index is 13.9. The fourth-order valence-electron chi connectivity index (χ4n) is 8.25. The van der Waals surface area contributed by atoms with Gasteiger partial charge in [-0.2, -0.15) is 0 Å². The fraction of sp³-hybridized carbons (Fsp3) is 0.583. The van der Waals surface area contributed by atoms with E-state index in [1.165, 1.54) is 15.9 Å². The normalized spacial score (nSPS) is 20.4. The number of hydrogen-bond acceptors (Lipinski definition) is 11. The number of aliphatic carboxylic acids is 5. The average molecular weight is 759 g/mol. The van der Waals surface area contributed by atoms with E-state index in [9.17, 15) is 59.1 Å². The molecular weight excluding hydrogens is 708 g/mol. The maximum atomic E-state index is 13.9. The number of fused-ring (bicyclic) bond motifs is 1. The number of aromatic nitrogens is 1. The molecule has 0 spiro atoms. The molecule has 4 atom stereocenters. The third kappa shape index (κ3) is 11.8. The molecule has 2 aliphatic carbocycles. The second-order valence-corrected chi connectivity index (χ2v) is 14.2. The Hall–Kier alpha value is -4.91. The van der Waals surface area contributed by atoms with Crippen molar-refractivity contribution in [2.45, 2.75) is 82.5 Å². The Balaban J connectivity index is 1.69. The topological polar surface area (TPSA) is 261 Å². The maximum Gasteiger partial charge on any atom is 0.317 e. The number of nitrogens with zero attached hydrogens (tertiary/aromatic N) is 4. The van der Waals surface area contributed by atoms with Gasteiger partial charge in [0.1, 0.15) is 0 Å². The van der Waals surface area contributed by atoms with Crippen LogP contribution >= 0.6 is 0 Å². The molecule has 296 valence electrons. The number of H-pyrrole nitrogens is 1. The van der Waals surface area contributed by atoms with Crippen molar-refractivity contribution in [2.75, 3.05) is 57.7 Å². The van der Waals surface area contributed by atoms with Crippen molar-refractivity contribution >= 4 is 52.3 Å². The van der Waals surface area contributed by atoms with E-state index >= 15 is 0 Å². The van der Waals surface area contributed by atoms with Crippen molar-refractivity contribution in [2.24, 2.45) is 0 Å². The molecule has 2 saturated carbocycles. The molecule has 0 radical (unpaired) electrons. The van der Waals surface area contributed by atoms with Crippen LogP contribution in [-0.4, -0.2) is 162 Å². The first-order valence-electron chi connectivity index (χ1n) is 18.1. The van der Waals surface area contributed by atoms with Crippen LogP contribution in [0.3, 0.4) is 0 Å². The molecule has 4 rings (SSSR count). The lowest BCUT2D eigenvalue weighted by atomic mass is 9.87. The number of carboxylic acid groups (broad SMARTS) is 5. The average Bonchev–Trinajstić information content (AvgIpc) is 3.08. The first-order valence-corrected chi connectivity index (χ1v) is 18.1. The molecule has 1 amide bonds. The third-order valence-corrected chi connectivity index (χ3v) is 10.3. The number of pyridine rings is 1. The highest BCUT2D eigenvalue weighted by Gasteiger charge is 2.39. The molecule has 0 unspecified atom stereocenters. The summed E-state index contributed by atoms with van der Waals surface area (Å²) in [4.78, 5) is 94.7. The largest absolute Gasteiger partial charge is 0.480 e. The van der Waals surface area contributed by atoms with Gasteiger partial charge in [-0.1, -0.05) is 37.8 Å². The number of aryl methyl sites for hydroxylation is 1. The summed E-state index contributed by atoms with van der Waals surface area (Å²) in [7, 11) is 0. The van der Waals surface area contributed by atoms with Crippen LogP contribution in [0.5, 0.6) is 0 Å². The number of carbonyl (C=O) groups is 6. The molecular formula is C36H50N6O12. The third-order valence-electron chi connectivity index (χ3n) is 10.3. The van der Waals surface area contributed by atoms with E-state index in [0.717, 1.165) is 5.39 Å². The van der Waals surface area contributed by atoms with E-state index < -0.39 is 92.6 Å². The summed E-state index contributed by atoms with van der Waals surface area (Å²) < 4.78 is 0. The quantitative estimate of drug-likeness (QED) is 0.0994. The summed E-state index contributed by atoms with van der Waals surface area (Å²) in [5, 5.41) is 52.2. The van der Waals surface area contributed by atoms with Crippen molar-refractivity contribution in [1.29, 1.82) is 0 Å². The number of carbonyl (C=O) groups excluding carboxylic acids is 1. The van der Waals surface area contributed by atoms with Crippen LogP contribution in [0.1, 0.15) is 56.9 Å². The molecule has 0 bridgehead atoms. The summed E-state index contributed by atoms with van der Waals surface area (Å²) in [5.74, 6) is -6.50. The Morgan fingerprint density at radius 3 is 1.44 bits per heavy atom. The van der Waals surface area contributed by atoms with Gasteiger partial charge in [0.2, 0.25) is 11.5 Å². The number of hydrogen-bond donors (Lipinski definition) is 7. The molecule has 2 aliphatic rings. The molecule has 1 aromatic heterocycles. The molecule has 1 aromatic carbocycles. The minimum atomic E-state index is -1.22.